The van der Waals surface area contributed by atoms with Crippen LogP contribution in [0.1, 0.15) is 39.8 Å². The number of anilines is 2. The minimum atomic E-state index is -4.38. The molecule has 14 nitrogen and oxygen atoms in total. The molecule has 3 aromatic rings. The number of nitrogens with two attached hydrogens (primary N) is 1. The number of rotatable bonds is 11. The zero-order valence-corrected chi connectivity index (χ0v) is 24.3. The van der Waals surface area contributed by atoms with Gasteiger partial charge in [-0.15, -0.1) is 0 Å². The maximum absolute atomic E-state index is 16.0. The van der Waals surface area contributed by atoms with Crippen molar-refractivity contribution in [2.75, 3.05) is 17.7 Å². The summed E-state index contributed by atoms with van der Waals surface area (Å²) in [5.74, 6) is -0.0204. The number of halogens is 1. The number of nitrogen functional groups attached to an aromatic ring is 1. The first-order valence-electron chi connectivity index (χ1n) is 13.7. The number of carbonyl (C=O) groups is 1. The number of hydrogen-bond donors (Lipinski definition) is 3. The number of para-hydroxylation sites is 1. The first-order chi connectivity index (χ1) is 19.9. The molecular weight excluding hydrogens is 572 g/mol. The summed E-state index contributed by atoms with van der Waals surface area (Å²) in [6.45, 7) is 4.77. The van der Waals surface area contributed by atoms with Crippen LogP contribution in [0.5, 0.6) is 5.75 Å². The summed E-state index contributed by atoms with van der Waals surface area (Å²) < 4.78 is 53.6. The molecule has 1 saturated heterocycles. The van der Waals surface area contributed by atoms with Crippen LogP contribution < -0.4 is 20.2 Å². The lowest BCUT2D eigenvalue weighted by atomic mass is 10.2. The molecule has 0 radical (unpaired) electrons. The molecule has 42 heavy (non-hydrogen) atoms. The third kappa shape index (κ3) is 5.09. The van der Waals surface area contributed by atoms with E-state index in [-0.39, 0.29) is 17.3 Å². The van der Waals surface area contributed by atoms with Crippen molar-refractivity contribution in [2.24, 2.45) is 0 Å². The number of nitrogens with zero attached hydrogens (tertiary/aromatic N) is 5. The van der Waals surface area contributed by atoms with E-state index in [9.17, 15) is 14.5 Å². The van der Waals surface area contributed by atoms with Gasteiger partial charge in [-0.3, -0.25) is 13.9 Å². The van der Waals surface area contributed by atoms with Gasteiger partial charge in [-0.05, 0) is 45.7 Å². The summed E-state index contributed by atoms with van der Waals surface area (Å²) in [5, 5.41) is 13.8. The molecule has 3 fully saturated rings. The first kappa shape index (κ1) is 28.7. The van der Waals surface area contributed by atoms with Gasteiger partial charge < -0.3 is 29.7 Å². The van der Waals surface area contributed by atoms with Gasteiger partial charge in [-0.2, -0.15) is 15.1 Å². The Morgan fingerprint density at radius 2 is 2.00 bits per heavy atom. The topological polar surface area (TPSA) is 176 Å². The quantitative estimate of drug-likeness (QED) is 0.215. The van der Waals surface area contributed by atoms with Crippen LogP contribution in [0.4, 0.5) is 16.2 Å². The molecule has 0 amide bonds. The second-order valence-corrected chi connectivity index (χ2v) is 12.7. The van der Waals surface area contributed by atoms with Crippen LogP contribution in [0.2, 0.25) is 0 Å². The van der Waals surface area contributed by atoms with Crippen molar-refractivity contribution in [3.63, 3.8) is 0 Å². The fourth-order valence-electron chi connectivity index (χ4n) is 5.08. The van der Waals surface area contributed by atoms with Gasteiger partial charge in [0.05, 0.1) is 12.4 Å². The van der Waals surface area contributed by atoms with Gasteiger partial charge in [-0.1, -0.05) is 18.2 Å². The highest BCUT2D eigenvalue weighted by atomic mass is 31.2. The molecule has 1 aliphatic heterocycles. The maximum Gasteiger partial charge on any atom is 0.459 e. The fourth-order valence-corrected chi connectivity index (χ4v) is 6.79. The number of benzene rings is 1. The molecule has 1 aromatic carbocycles. The van der Waals surface area contributed by atoms with Crippen molar-refractivity contribution in [3.8, 4) is 5.75 Å². The molecule has 7 atom stereocenters. The van der Waals surface area contributed by atoms with E-state index in [1.807, 2.05) is 11.9 Å². The van der Waals surface area contributed by atoms with E-state index in [4.69, 9.17) is 24.3 Å². The van der Waals surface area contributed by atoms with E-state index >= 15 is 4.39 Å². The zero-order chi connectivity index (χ0) is 30.0. The van der Waals surface area contributed by atoms with Crippen LogP contribution >= 0.6 is 7.75 Å². The molecule has 2 aromatic heterocycles. The van der Waals surface area contributed by atoms with E-state index in [2.05, 4.69) is 20.0 Å². The average Bonchev–Trinajstić information content (AvgIpc) is 3.79. The van der Waals surface area contributed by atoms with Crippen molar-refractivity contribution in [2.45, 2.75) is 82.0 Å². The van der Waals surface area contributed by atoms with E-state index in [0.29, 0.717) is 17.4 Å². The highest BCUT2D eigenvalue weighted by molar-refractivity contribution is 7.52. The number of hydrogen-bond acceptors (Lipinski definition) is 12. The third-order valence-corrected chi connectivity index (χ3v) is 9.12. The zero-order valence-electron chi connectivity index (χ0n) is 23.5. The average molecular weight is 606 g/mol. The van der Waals surface area contributed by atoms with Gasteiger partial charge in [0.15, 0.2) is 35.0 Å². The fraction of sp³-hybridized carbons (Fsp3) is 0.538. The molecule has 226 valence electrons. The van der Waals surface area contributed by atoms with Crippen LogP contribution in [0.25, 0.3) is 11.2 Å². The number of aliphatic hydroxyl groups is 1. The molecule has 3 heterocycles. The Hall–Kier alpha value is -3.36. The van der Waals surface area contributed by atoms with Crippen LogP contribution in [-0.4, -0.2) is 79.8 Å². The van der Waals surface area contributed by atoms with E-state index < -0.39 is 56.1 Å². The second kappa shape index (κ2) is 10.4. The van der Waals surface area contributed by atoms with E-state index in [1.54, 1.807) is 32.0 Å². The second-order valence-electron chi connectivity index (χ2n) is 11.1. The maximum atomic E-state index is 16.0. The largest absolute Gasteiger partial charge is 0.462 e. The molecule has 4 N–H and O–H groups in total. The van der Waals surface area contributed by atoms with Crippen LogP contribution in [0.3, 0.4) is 0 Å². The Kier molecular flexibility index (Phi) is 7.13. The van der Waals surface area contributed by atoms with Crippen LogP contribution in [0.15, 0.2) is 36.7 Å². The molecule has 6 rings (SSSR count). The van der Waals surface area contributed by atoms with Gasteiger partial charge in [0, 0.05) is 13.1 Å². The van der Waals surface area contributed by atoms with Gasteiger partial charge in [0.25, 0.3) is 0 Å². The molecule has 2 saturated carbocycles. The number of fused-ring (bicyclic) bond motifs is 2. The molecular formula is C26H33FN7O7P. The minimum Gasteiger partial charge on any atom is -0.462 e. The van der Waals surface area contributed by atoms with Crippen molar-refractivity contribution >= 4 is 36.6 Å². The Labute approximate surface area is 240 Å². The van der Waals surface area contributed by atoms with Crippen molar-refractivity contribution in [3.05, 3.63) is 36.7 Å². The predicted molar refractivity (Wildman–Crippen MR) is 148 cm³/mol. The summed E-state index contributed by atoms with van der Waals surface area (Å²) >= 11 is 0. The lowest BCUT2D eigenvalue weighted by Crippen LogP contribution is -2.38. The number of alkyl halides is 1. The Bertz CT molecular complexity index is 1540. The van der Waals surface area contributed by atoms with Crippen molar-refractivity contribution < 1.29 is 37.4 Å². The summed E-state index contributed by atoms with van der Waals surface area (Å²) in [6.07, 6.45) is -2.94. The molecule has 0 bridgehead atoms. The monoisotopic (exact) mass is 605 g/mol. The highest BCUT2D eigenvalue weighted by Gasteiger charge is 2.80. The van der Waals surface area contributed by atoms with Crippen molar-refractivity contribution in [1.29, 1.82) is 0 Å². The first-order valence-corrected chi connectivity index (χ1v) is 15.2. The van der Waals surface area contributed by atoms with Gasteiger partial charge >= 0.3 is 13.7 Å². The number of ether oxygens (including phenoxy) is 2. The highest BCUT2D eigenvalue weighted by Crippen LogP contribution is 2.62. The molecule has 3 aliphatic rings. The molecule has 0 spiro atoms. The Morgan fingerprint density at radius 3 is 2.62 bits per heavy atom. The van der Waals surface area contributed by atoms with Crippen molar-refractivity contribution in [1.82, 2.24) is 24.6 Å². The van der Waals surface area contributed by atoms with E-state index in [1.165, 1.54) is 30.0 Å². The lowest BCUT2D eigenvalue weighted by molar-refractivity contribution is -0.149. The lowest BCUT2D eigenvalue weighted by Gasteiger charge is -2.26. The summed E-state index contributed by atoms with van der Waals surface area (Å²) in [4.78, 5) is 27.4. The van der Waals surface area contributed by atoms with E-state index in [0.717, 1.165) is 12.8 Å². The van der Waals surface area contributed by atoms with Gasteiger partial charge in [0.2, 0.25) is 5.95 Å². The molecule has 2 aliphatic carbocycles. The standard InChI is InChI=1S/C26H33FN7O7P/c1-13(2)38-24(35)14(3)32-42(37,40-16-8-6-5-7-9-16)41-20-19-26(20,36)18(27)23(39-19)34-12-29-17-21(33(4)15-10-11-15)30-25(28)31-22(17)34/h5-9,12-15,18-20,23,36H,10-11H2,1-4H3,(H,32,37)(H2,28,30,31)/t14-,18+,19-,20?,23-,26+,42-/m1/s1. The number of aromatic nitrogens is 4. The Morgan fingerprint density at radius 1 is 1.29 bits per heavy atom. The number of nitrogens with one attached hydrogen (secondary N) is 1. The van der Waals surface area contributed by atoms with Gasteiger partial charge in [-0.25, -0.2) is 13.9 Å². The smallest absolute Gasteiger partial charge is 0.459 e. The van der Waals surface area contributed by atoms with Gasteiger partial charge in [0.1, 0.15) is 24.0 Å². The number of carbonyl (C=O) groups excluding carboxylic acids is 1. The number of esters is 1. The van der Waals surface area contributed by atoms with Crippen LogP contribution in [-0.2, 0) is 23.4 Å². The summed E-state index contributed by atoms with van der Waals surface area (Å²) in [7, 11) is -2.49. The third-order valence-electron chi connectivity index (χ3n) is 7.46. The Balaban J connectivity index is 1.22. The SMILES string of the molecule is CC(C)OC(=O)[C@@H](C)N[P@@](=O)(Oc1ccccc1)OC1[C@H]2O[C@@H](n3cnc4c(N(C)C5CC5)nc(N)nc43)[C@H](F)[C@@]12O. The predicted octanol–water partition coefficient (Wildman–Crippen LogP) is 2.49. The normalized spacial score (nSPS) is 28.7. The van der Waals surface area contributed by atoms with Crippen LogP contribution in [0, 0.1) is 0 Å². The summed E-state index contributed by atoms with van der Waals surface area (Å²) in [5.41, 5.74) is 4.48. The molecule has 1 unspecified atom stereocenters. The summed E-state index contributed by atoms with van der Waals surface area (Å²) in [6, 6.07) is 7.31. The minimum absolute atomic E-state index is 0.0135. The molecule has 16 heteroatoms. The number of imidazole rings is 1.